The molecule has 0 aliphatic heterocycles. The second-order valence-electron chi connectivity index (χ2n) is 2.72. The molecule has 2 N–H and O–H groups in total. The van der Waals surface area contributed by atoms with E-state index in [9.17, 15) is 9.59 Å². The molecule has 1 rings (SSSR count). The summed E-state index contributed by atoms with van der Waals surface area (Å²) in [5.41, 5.74) is -0.00427. The van der Waals surface area contributed by atoms with Gasteiger partial charge in [-0.1, -0.05) is 5.16 Å². The maximum atomic E-state index is 10.6. The first-order chi connectivity index (χ1) is 6.61. The van der Waals surface area contributed by atoms with Gasteiger partial charge < -0.3 is 14.7 Å². The predicted molar refractivity (Wildman–Crippen MR) is 44.0 cm³/mol. The highest BCUT2D eigenvalue weighted by molar-refractivity contribution is 5.88. The van der Waals surface area contributed by atoms with Gasteiger partial charge >= 0.3 is 11.9 Å². The molecule has 0 fully saturated rings. The third-order valence-corrected chi connectivity index (χ3v) is 1.67. The van der Waals surface area contributed by atoms with Gasteiger partial charge in [0.15, 0.2) is 5.76 Å². The summed E-state index contributed by atoms with van der Waals surface area (Å²) in [4.78, 5) is 20.7. The lowest BCUT2D eigenvalue weighted by Crippen LogP contribution is -2.00. The molecule has 14 heavy (non-hydrogen) atoms. The number of carboxylic acids is 2. The lowest BCUT2D eigenvalue weighted by atomic mass is 10.1. The fraction of sp³-hybridized carbons (Fsp3) is 0.375. The number of hydrogen-bond acceptors (Lipinski definition) is 4. The summed E-state index contributed by atoms with van der Waals surface area (Å²) in [5.74, 6) is -1.81. The van der Waals surface area contributed by atoms with Crippen molar-refractivity contribution in [1.82, 2.24) is 5.16 Å². The zero-order valence-corrected chi connectivity index (χ0v) is 7.27. The van der Waals surface area contributed by atoms with Crippen molar-refractivity contribution in [2.24, 2.45) is 0 Å². The highest BCUT2D eigenvalue weighted by Gasteiger charge is 2.14. The third kappa shape index (κ3) is 2.58. The maximum absolute atomic E-state index is 10.6. The highest BCUT2D eigenvalue weighted by atomic mass is 16.5. The van der Waals surface area contributed by atoms with E-state index >= 15 is 0 Å². The maximum Gasteiger partial charge on any atom is 0.340 e. The SMILES string of the molecule is O=C(O)CCCc1oncc1C(=O)O. The molecule has 0 unspecified atom stereocenters. The van der Waals surface area contributed by atoms with E-state index in [1.165, 1.54) is 0 Å². The molecule has 1 heterocycles. The van der Waals surface area contributed by atoms with Crippen molar-refractivity contribution in [3.63, 3.8) is 0 Å². The van der Waals surface area contributed by atoms with E-state index in [1.807, 2.05) is 0 Å². The molecule has 0 radical (unpaired) electrons. The molecular weight excluding hydrogens is 190 g/mol. The summed E-state index contributed by atoms with van der Waals surface area (Å²) in [6.07, 6.45) is 1.71. The Labute approximate surface area is 79.1 Å². The largest absolute Gasteiger partial charge is 0.481 e. The lowest BCUT2D eigenvalue weighted by molar-refractivity contribution is -0.137. The molecule has 0 spiro atoms. The molecule has 0 saturated heterocycles. The fourth-order valence-electron chi connectivity index (χ4n) is 1.02. The van der Waals surface area contributed by atoms with Gasteiger partial charge in [-0.3, -0.25) is 4.79 Å². The number of aromatic carboxylic acids is 1. The Hall–Kier alpha value is -1.85. The number of carboxylic acid groups (broad SMARTS) is 2. The number of nitrogens with zero attached hydrogens (tertiary/aromatic N) is 1. The van der Waals surface area contributed by atoms with Crippen LogP contribution < -0.4 is 0 Å². The Morgan fingerprint density at radius 2 is 2.14 bits per heavy atom. The number of hydrogen-bond donors (Lipinski definition) is 2. The average Bonchev–Trinajstić information content (AvgIpc) is 2.51. The smallest absolute Gasteiger partial charge is 0.340 e. The van der Waals surface area contributed by atoms with Crippen LogP contribution in [0.2, 0.25) is 0 Å². The van der Waals surface area contributed by atoms with E-state index in [-0.39, 0.29) is 24.2 Å². The Morgan fingerprint density at radius 1 is 1.43 bits per heavy atom. The quantitative estimate of drug-likeness (QED) is 0.726. The Morgan fingerprint density at radius 3 is 2.71 bits per heavy atom. The van der Waals surface area contributed by atoms with Crippen molar-refractivity contribution in [2.45, 2.75) is 19.3 Å². The zero-order chi connectivity index (χ0) is 10.6. The van der Waals surface area contributed by atoms with Gasteiger partial charge in [0, 0.05) is 12.8 Å². The molecule has 0 atom stereocenters. The molecule has 0 saturated carbocycles. The van der Waals surface area contributed by atoms with Gasteiger partial charge in [0.1, 0.15) is 5.56 Å². The summed E-state index contributed by atoms with van der Waals surface area (Å²) < 4.78 is 4.68. The summed E-state index contributed by atoms with van der Waals surface area (Å²) in [7, 11) is 0. The third-order valence-electron chi connectivity index (χ3n) is 1.67. The molecule has 6 heteroatoms. The molecule has 0 aliphatic rings. The van der Waals surface area contributed by atoms with Crippen LogP contribution in [0.4, 0.5) is 0 Å². The van der Waals surface area contributed by atoms with Crippen molar-refractivity contribution in [3.05, 3.63) is 17.5 Å². The lowest BCUT2D eigenvalue weighted by Gasteiger charge is -1.94. The first-order valence-electron chi connectivity index (χ1n) is 4.00. The molecule has 76 valence electrons. The van der Waals surface area contributed by atoms with Crippen LogP contribution >= 0.6 is 0 Å². The molecule has 1 aromatic rings. The van der Waals surface area contributed by atoms with Crippen molar-refractivity contribution in [1.29, 1.82) is 0 Å². The van der Waals surface area contributed by atoms with Crippen molar-refractivity contribution >= 4 is 11.9 Å². The monoisotopic (exact) mass is 199 g/mol. The summed E-state index contributed by atoms with van der Waals surface area (Å²) in [5, 5.41) is 20.3. The Bertz CT molecular complexity index is 343. The topological polar surface area (TPSA) is 101 Å². The van der Waals surface area contributed by atoms with Gasteiger partial charge in [0.05, 0.1) is 6.20 Å². The van der Waals surface area contributed by atoms with Gasteiger partial charge in [-0.05, 0) is 6.42 Å². The molecule has 0 bridgehead atoms. The van der Waals surface area contributed by atoms with E-state index in [2.05, 4.69) is 9.68 Å². The normalized spacial score (nSPS) is 10.0. The van der Waals surface area contributed by atoms with Gasteiger partial charge in [0.2, 0.25) is 0 Å². The van der Waals surface area contributed by atoms with Gasteiger partial charge in [-0.15, -0.1) is 0 Å². The zero-order valence-electron chi connectivity index (χ0n) is 7.27. The number of aliphatic carboxylic acids is 1. The van der Waals surface area contributed by atoms with Gasteiger partial charge in [0.25, 0.3) is 0 Å². The van der Waals surface area contributed by atoms with E-state index in [0.717, 1.165) is 6.20 Å². The molecule has 1 aromatic heterocycles. The van der Waals surface area contributed by atoms with Crippen LogP contribution in [0.15, 0.2) is 10.7 Å². The van der Waals surface area contributed by atoms with Crippen LogP contribution in [0, 0.1) is 0 Å². The van der Waals surface area contributed by atoms with Crippen molar-refractivity contribution in [3.8, 4) is 0 Å². The number of rotatable bonds is 5. The minimum atomic E-state index is -1.11. The van der Waals surface area contributed by atoms with E-state index in [4.69, 9.17) is 10.2 Å². The summed E-state index contributed by atoms with van der Waals surface area (Å²) >= 11 is 0. The first-order valence-corrected chi connectivity index (χ1v) is 4.00. The second-order valence-corrected chi connectivity index (χ2v) is 2.72. The fourth-order valence-corrected chi connectivity index (χ4v) is 1.02. The average molecular weight is 199 g/mol. The molecule has 0 aliphatic carbocycles. The van der Waals surface area contributed by atoms with Gasteiger partial charge in [-0.2, -0.15) is 0 Å². The molecule has 0 aromatic carbocycles. The van der Waals surface area contributed by atoms with Crippen LogP contribution in [-0.4, -0.2) is 27.3 Å². The van der Waals surface area contributed by atoms with Gasteiger partial charge in [-0.25, -0.2) is 4.79 Å². The van der Waals surface area contributed by atoms with Crippen molar-refractivity contribution in [2.75, 3.05) is 0 Å². The van der Waals surface area contributed by atoms with Crippen molar-refractivity contribution < 1.29 is 24.3 Å². The minimum absolute atomic E-state index is 0.00427. The summed E-state index contributed by atoms with van der Waals surface area (Å²) in [6, 6.07) is 0. The second kappa shape index (κ2) is 4.40. The van der Waals surface area contributed by atoms with Crippen LogP contribution in [0.3, 0.4) is 0 Å². The predicted octanol–water partition coefficient (Wildman–Crippen LogP) is 0.780. The molecular formula is C8H9NO5. The van der Waals surface area contributed by atoms with Crippen LogP contribution in [-0.2, 0) is 11.2 Å². The molecule has 6 nitrogen and oxygen atoms in total. The Kier molecular flexibility index (Phi) is 3.22. The standard InChI is InChI=1S/C8H9NO5/c10-7(11)3-1-2-6-5(8(12)13)4-9-14-6/h4H,1-3H2,(H,10,11)(H,12,13). The van der Waals surface area contributed by atoms with Crippen LogP contribution in [0.25, 0.3) is 0 Å². The van der Waals surface area contributed by atoms with E-state index < -0.39 is 11.9 Å². The van der Waals surface area contributed by atoms with Crippen LogP contribution in [0.5, 0.6) is 0 Å². The minimum Gasteiger partial charge on any atom is -0.481 e. The Balaban J connectivity index is 2.54. The number of aryl methyl sites for hydroxylation is 1. The molecule has 0 amide bonds. The number of carbonyl (C=O) groups is 2. The number of aromatic nitrogens is 1. The summed E-state index contributed by atoms with van der Waals surface area (Å²) in [6.45, 7) is 0. The van der Waals surface area contributed by atoms with E-state index in [0.29, 0.717) is 6.42 Å². The highest BCUT2D eigenvalue weighted by Crippen LogP contribution is 2.11. The first kappa shape index (κ1) is 10.2. The van der Waals surface area contributed by atoms with E-state index in [1.54, 1.807) is 0 Å². The van der Waals surface area contributed by atoms with Crippen LogP contribution in [0.1, 0.15) is 29.0 Å².